The maximum atomic E-state index is 12.5. The maximum Gasteiger partial charge on any atom is 0.246 e. The maximum absolute atomic E-state index is 12.5. The quantitative estimate of drug-likeness (QED) is 0.611. The molecule has 7 heteroatoms. The number of hydrogen-bond donors (Lipinski definition) is 2. The van der Waals surface area contributed by atoms with Gasteiger partial charge in [-0.05, 0) is 38.1 Å². The summed E-state index contributed by atoms with van der Waals surface area (Å²) >= 11 is 1.63. The molecule has 0 aliphatic heterocycles. The molecule has 1 amide bonds. The lowest BCUT2D eigenvalue weighted by atomic mass is 10.1. The molecule has 0 fully saturated rings. The van der Waals surface area contributed by atoms with Gasteiger partial charge in [-0.3, -0.25) is 4.79 Å². The van der Waals surface area contributed by atoms with Crippen LogP contribution >= 0.6 is 11.3 Å². The number of anilines is 2. The number of rotatable bonds is 7. The minimum Gasteiger partial charge on any atom is -0.493 e. The molecule has 0 unspecified atom stereocenters. The van der Waals surface area contributed by atoms with E-state index in [4.69, 9.17) is 9.47 Å². The number of hydrogen-bond acceptors (Lipinski definition) is 6. The number of aromatic nitrogens is 1. The lowest BCUT2D eigenvalue weighted by Gasteiger charge is -2.16. The third-order valence-electron chi connectivity index (χ3n) is 4.23. The van der Waals surface area contributed by atoms with Crippen molar-refractivity contribution in [2.45, 2.75) is 19.9 Å². The van der Waals surface area contributed by atoms with Crippen molar-refractivity contribution in [1.29, 1.82) is 0 Å². The van der Waals surface area contributed by atoms with Crippen LogP contribution in [0.2, 0.25) is 0 Å². The lowest BCUT2D eigenvalue weighted by molar-refractivity contribution is -0.116. The smallest absolute Gasteiger partial charge is 0.246 e. The third-order valence-corrected chi connectivity index (χ3v) is 5.00. The van der Waals surface area contributed by atoms with Gasteiger partial charge in [0.05, 0.1) is 24.9 Å². The van der Waals surface area contributed by atoms with E-state index in [1.807, 2.05) is 43.5 Å². The van der Waals surface area contributed by atoms with Crippen molar-refractivity contribution in [3.05, 3.63) is 52.9 Å². The number of nitrogens with zero attached hydrogens (tertiary/aromatic N) is 1. The highest BCUT2D eigenvalue weighted by molar-refractivity contribution is 7.09. The van der Waals surface area contributed by atoms with E-state index in [1.165, 1.54) is 0 Å². The number of amides is 1. The molecular formula is C21H23N3O3S. The largest absolute Gasteiger partial charge is 0.493 e. The predicted octanol–water partition coefficient (Wildman–Crippen LogP) is 4.57. The molecule has 6 nitrogen and oxygen atoms in total. The van der Waals surface area contributed by atoms with Gasteiger partial charge in [0.1, 0.15) is 6.04 Å². The van der Waals surface area contributed by atoms with Crippen LogP contribution in [0.4, 0.5) is 11.4 Å². The van der Waals surface area contributed by atoms with Crippen LogP contribution in [0.1, 0.15) is 11.9 Å². The van der Waals surface area contributed by atoms with E-state index < -0.39 is 6.04 Å². The summed E-state index contributed by atoms with van der Waals surface area (Å²) in [4.78, 5) is 17.0. The number of carbonyl (C=O) groups is 1. The fraction of sp³-hybridized carbons (Fsp3) is 0.238. The highest BCUT2D eigenvalue weighted by Gasteiger charge is 2.14. The van der Waals surface area contributed by atoms with Gasteiger partial charge in [0.15, 0.2) is 11.5 Å². The Kier molecular flexibility index (Phi) is 6.16. The van der Waals surface area contributed by atoms with Crippen LogP contribution < -0.4 is 20.1 Å². The van der Waals surface area contributed by atoms with E-state index >= 15 is 0 Å². The Bertz CT molecular complexity index is 954. The normalized spacial score (nSPS) is 11.6. The molecular weight excluding hydrogens is 374 g/mol. The minimum absolute atomic E-state index is 0.147. The molecule has 0 saturated heterocycles. The Morgan fingerprint density at radius 3 is 2.32 bits per heavy atom. The van der Waals surface area contributed by atoms with E-state index in [1.54, 1.807) is 43.8 Å². The van der Waals surface area contributed by atoms with Gasteiger partial charge < -0.3 is 20.1 Å². The first-order valence-electron chi connectivity index (χ1n) is 8.82. The molecule has 3 aromatic rings. The Morgan fingerprint density at radius 2 is 1.71 bits per heavy atom. The summed E-state index contributed by atoms with van der Waals surface area (Å²) in [6.07, 6.45) is 0. The highest BCUT2D eigenvalue weighted by atomic mass is 32.1. The zero-order valence-corrected chi connectivity index (χ0v) is 17.1. The number of carbonyl (C=O) groups excluding carboxylic acids is 1. The number of thiazole rings is 1. The fourth-order valence-electron chi connectivity index (χ4n) is 2.71. The van der Waals surface area contributed by atoms with Crippen molar-refractivity contribution in [3.63, 3.8) is 0 Å². The fourth-order valence-corrected chi connectivity index (χ4v) is 3.34. The molecule has 0 aliphatic rings. The summed E-state index contributed by atoms with van der Waals surface area (Å²) in [5.41, 5.74) is 3.53. The zero-order valence-electron chi connectivity index (χ0n) is 16.3. The molecule has 0 bridgehead atoms. The number of benzene rings is 2. The van der Waals surface area contributed by atoms with Gasteiger partial charge in [-0.2, -0.15) is 0 Å². The SMILES string of the molecule is COc1ccc(NC(=O)[C@H](C)Nc2ccc(-c3csc(C)n3)cc2)cc1OC. The standard InChI is InChI=1S/C21H23N3O3S/c1-13(21(25)24-17-9-10-19(26-3)20(11-17)27-4)22-16-7-5-15(6-8-16)18-12-28-14(2)23-18/h5-13,22H,1-4H3,(H,24,25)/t13-/m0/s1. The Labute approximate surface area is 168 Å². The average Bonchev–Trinajstić information content (AvgIpc) is 3.14. The van der Waals surface area contributed by atoms with Crippen molar-refractivity contribution in [1.82, 2.24) is 4.98 Å². The first-order valence-corrected chi connectivity index (χ1v) is 9.70. The van der Waals surface area contributed by atoms with Crippen molar-refractivity contribution in [2.75, 3.05) is 24.9 Å². The van der Waals surface area contributed by atoms with Gasteiger partial charge in [-0.1, -0.05) is 12.1 Å². The number of ether oxygens (including phenoxy) is 2. The molecule has 1 aromatic heterocycles. The van der Waals surface area contributed by atoms with Crippen LogP contribution in [0.3, 0.4) is 0 Å². The summed E-state index contributed by atoms with van der Waals surface area (Å²) < 4.78 is 10.5. The average molecular weight is 398 g/mol. The second-order valence-corrected chi connectivity index (χ2v) is 7.32. The first-order chi connectivity index (χ1) is 13.5. The predicted molar refractivity (Wildman–Crippen MR) is 114 cm³/mol. The summed E-state index contributed by atoms with van der Waals surface area (Å²) in [5, 5.41) is 9.17. The van der Waals surface area contributed by atoms with Crippen LogP contribution in [0.15, 0.2) is 47.8 Å². The minimum atomic E-state index is -0.416. The Balaban J connectivity index is 1.62. The van der Waals surface area contributed by atoms with Gasteiger partial charge in [-0.25, -0.2) is 4.98 Å². The lowest BCUT2D eigenvalue weighted by Crippen LogP contribution is -2.31. The summed E-state index contributed by atoms with van der Waals surface area (Å²) in [7, 11) is 3.13. The third kappa shape index (κ3) is 4.61. The Hall–Kier alpha value is -3.06. The zero-order chi connectivity index (χ0) is 20.1. The number of aryl methyl sites for hydroxylation is 1. The number of methoxy groups -OCH3 is 2. The van der Waals surface area contributed by atoms with Gasteiger partial charge in [0.2, 0.25) is 5.91 Å². The van der Waals surface area contributed by atoms with Crippen LogP contribution in [-0.4, -0.2) is 31.2 Å². The molecule has 1 atom stereocenters. The molecule has 1 heterocycles. The highest BCUT2D eigenvalue weighted by Crippen LogP contribution is 2.30. The van der Waals surface area contributed by atoms with Crippen LogP contribution in [0, 0.1) is 6.92 Å². The second-order valence-electron chi connectivity index (χ2n) is 6.25. The summed E-state index contributed by atoms with van der Waals surface area (Å²) in [5.74, 6) is 1.03. The van der Waals surface area contributed by atoms with Crippen LogP contribution in [0.25, 0.3) is 11.3 Å². The van der Waals surface area contributed by atoms with E-state index in [0.717, 1.165) is 22.0 Å². The van der Waals surface area contributed by atoms with E-state index in [0.29, 0.717) is 17.2 Å². The van der Waals surface area contributed by atoms with Crippen LogP contribution in [0.5, 0.6) is 11.5 Å². The van der Waals surface area contributed by atoms with Crippen molar-refractivity contribution in [3.8, 4) is 22.8 Å². The molecule has 28 heavy (non-hydrogen) atoms. The molecule has 0 radical (unpaired) electrons. The van der Waals surface area contributed by atoms with Crippen molar-refractivity contribution >= 4 is 28.6 Å². The Morgan fingerprint density at radius 1 is 1.04 bits per heavy atom. The van der Waals surface area contributed by atoms with Gasteiger partial charge in [0, 0.05) is 28.4 Å². The number of nitrogens with one attached hydrogen (secondary N) is 2. The van der Waals surface area contributed by atoms with Gasteiger partial charge in [-0.15, -0.1) is 11.3 Å². The van der Waals surface area contributed by atoms with E-state index in [9.17, 15) is 4.79 Å². The first kappa shape index (κ1) is 19.7. The van der Waals surface area contributed by atoms with Gasteiger partial charge >= 0.3 is 0 Å². The van der Waals surface area contributed by atoms with Crippen molar-refractivity contribution < 1.29 is 14.3 Å². The molecule has 2 aromatic carbocycles. The van der Waals surface area contributed by atoms with Crippen molar-refractivity contribution in [2.24, 2.45) is 0 Å². The molecule has 2 N–H and O–H groups in total. The van der Waals surface area contributed by atoms with E-state index in [-0.39, 0.29) is 5.91 Å². The van der Waals surface area contributed by atoms with E-state index in [2.05, 4.69) is 15.6 Å². The molecule has 0 saturated carbocycles. The molecule has 0 aliphatic carbocycles. The van der Waals surface area contributed by atoms with Crippen LogP contribution in [-0.2, 0) is 4.79 Å². The summed E-state index contributed by atoms with van der Waals surface area (Å²) in [6.45, 7) is 3.80. The monoisotopic (exact) mass is 397 g/mol. The molecule has 146 valence electrons. The topological polar surface area (TPSA) is 72.5 Å². The molecule has 3 rings (SSSR count). The molecule has 0 spiro atoms. The second kappa shape index (κ2) is 8.75. The summed E-state index contributed by atoms with van der Waals surface area (Å²) in [6, 6.07) is 12.7. The van der Waals surface area contributed by atoms with Gasteiger partial charge in [0.25, 0.3) is 0 Å².